The molecule has 4 nitrogen and oxygen atoms in total. The van der Waals surface area contributed by atoms with Crippen LogP contribution in [0.5, 0.6) is 0 Å². The number of benzene rings is 1. The zero-order valence-electron chi connectivity index (χ0n) is 14.1. The van der Waals surface area contributed by atoms with Gasteiger partial charge in [0.1, 0.15) is 5.78 Å². The van der Waals surface area contributed by atoms with Crippen molar-refractivity contribution in [2.24, 2.45) is 17.3 Å². The number of ketones is 1. The topological polar surface area (TPSA) is 58.2 Å². The SMILES string of the molecule is CC(=O)[C@H]1C[C@@H](CC(=O)NC(=S)Nc2ccccc2C)C1(C)C. The molecule has 1 amide bonds. The van der Waals surface area contributed by atoms with Crippen LogP contribution >= 0.6 is 12.2 Å². The summed E-state index contributed by atoms with van der Waals surface area (Å²) in [5.41, 5.74) is 1.83. The molecule has 2 rings (SSSR count). The van der Waals surface area contributed by atoms with Gasteiger partial charge in [-0.05, 0) is 55.4 Å². The van der Waals surface area contributed by atoms with E-state index in [9.17, 15) is 9.59 Å². The smallest absolute Gasteiger partial charge is 0.226 e. The molecule has 1 aromatic rings. The number of rotatable bonds is 4. The van der Waals surface area contributed by atoms with Crippen LogP contribution in [0.15, 0.2) is 24.3 Å². The van der Waals surface area contributed by atoms with E-state index in [1.165, 1.54) is 0 Å². The average Bonchev–Trinajstić information content (AvgIpc) is 2.45. The normalized spacial score (nSPS) is 21.9. The van der Waals surface area contributed by atoms with E-state index in [2.05, 4.69) is 24.5 Å². The van der Waals surface area contributed by atoms with Crippen LogP contribution < -0.4 is 10.6 Å². The first-order chi connectivity index (χ1) is 10.7. The number of aryl methyl sites for hydroxylation is 1. The number of hydrogen-bond acceptors (Lipinski definition) is 3. The molecule has 0 bridgehead atoms. The van der Waals surface area contributed by atoms with Crippen molar-refractivity contribution in [3.05, 3.63) is 29.8 Å². The minimum Gasteiger partial charge on any atom is -0.332 e. The standard InChI is InChI=1S/C18H24N2O2S/c1-11-7-5-6-8-15(11)19-17(23)20-16(22)10-13-9-14(12(2)21)18(13,3)4/h5-8,13-14H,9-10H2,1-4H3,(H2,19,20,22,23)/t13-,14+/m0/s1. The highest BCUT2D eigenvalue weighted by Crippen LogP contribution is 2.53. The number of thiocarbonyl (C=S) groups is 1. The van der Waals surface area contributed by atoms with Crippen molar-refractivity contribution in [1.29, 1.82) is 0 Å². The van der Waals surface area contributed by atoms with Crippen molar-refractivity contribution < 1.29 is 9.59 Å². The molecule has 0 aromatic heterocycles. The molecule has 0 heterocycles. The van der Waals surface area contributed by atoms with Crippen LogP contribution in [0.1, 0.15) is 39.2 Å². The number of amides is 1. The minimum absolute atomic E-state index is 0.0670. The highest BCUT2D eigenvalue weighted by Gasteiger charge is 2.50. The Hall–Kier alpha value is -1.75. The monoisotopic (exact) mass is 332 g/mol. The quantitative estimate of drug-likeness (QED) is 0.829. The van der Waals surface area contributed by atoms with Gasteiger partial charge in [-0.1, -0.05) is 32.0 Å². The first-order valence-electron chi connectivity index (χ1n) is 7.88. The maximum absolute atomic E-state index is 12.2. The molecule has 0 unspecified atom stereocenters. The molecule has 0 aliphatic heterocycles. The maximum atomic E-state index is 12.2. The zero-order chi connectivity index (χ0) is 17.2. The van der Waals surface area contributed by atoms with Crippen LogP contribution in [-0.4, -0.2) is 16.8 Å². The van der Waals surface area contributed by atoms with Gasteiger partial charge >= 0.3 is 0 Å². The Balaban J connectivity index is 1.85. The van der Waals surface area contributed by atoms with Crippen molar-refractivity contribution >= 4 is 34.7 Å². The number of Topliss-reactive ketones (excluding diaryl/α,β-unsaturated/α-hetero) is 1. The molecule has 2 atom stereocenters. The molecule has 1 aliphatic carbocycles. The Kier molecular flexibility index (Phi) is 5.19. The van der Waals surface area contributed by atoms with E-state index in [1.807, 2.05) is 31.2 Å². The first kappa shape index (κ1) is 17.6. The Labute approximate surface area is 143 Å². The van der Waals surface area contributed by atoms with E-state index in [0.29, 0.717) is 11.5 Å². The van der Waals surface area contributed by atoms with Gasteiger partial charge in [-0.3, -0.25) is 9.59 Å². The minimum atomic E-state index is -0.117. The maximum Gasteiger partial charge on any atom is 0.226 e. The van der Waals surface area contributed by atoms with Gasteiger partial charge in [0.25, 0.3) is 0 Å². The summed E-state index contributed by atoms with van der Waals surface area (Å²) in [6, 6.07) is 7.76. The molecule has 0 saturated heterocycles. The number of carbonyl (C=O) groups is 2. The summed E-state index contributed by atoms with van der Waals surface area (Å²) in [5, 5.41) is 6.09. The fraction of sp³-hybridized carbons (Fsp3) is 0.500. The van der Waals surface area contributed by atoms with Crippen molar-refractivity contribution in [3.8, 4) is 0 Å². The van der Waals surface area contributed by atoms with Gasteiger partial charge in [-0.25, -0.2) is 0 Å². The van der Waals surface area contributed by atoms with E-state index in [-0.39, 0.29) is 28.9 Å². The second-order valence-corrected chi connectivity index (χ2v) is 7.35. The van der Waals surface area contributed by atoms with Gasteiger partial charge in [0.15, 0.2) is 5.11 Å². The molecule has 23 heavy (non-hydrogen) atoms. The molecule has 0 spiro atoms. The summed E-state index contributed by atoms with van der Waals surface area (Å²) in [6.07, 6.45) is 1.18. The second kappa shape index (κ2) is 6.79. The first-order valence-corrected chi connectivity index (χ1v) is 8.29. The number of anilines is 1. The van der Waals surface area contributed by atoms with Crippen LogP contribution in [-0.2, 0) is 9.59 Å². The van der Waals surface area contributed by atoms with Crippen molar-refractivity contribution in [1.82, 2.24) is 5.32 Å². The van der Waals surface area contributed by atoms with Gasteiger partial charge in [-0.2, -0.15) is 0 Å². The third kappa shape index (κ3) is 3.96. The Morgan fingerprint density at radius 1 is 1.30 bits per heavy atom. The zero-order valence-corrected chi connectivity index (χ0v) is 14.9. The molecular formula is C18H24N2O2S. The molecule has 5 heteroatoms. The fourth-order valence-electron chi connectivity index (χ4n) is 3.32. The number of nitrogens with one attached hydrogen (secondary N) is 2. The van der Waals surface area contributed by atoms with Gasteiger partial charge in [0.05, 0.1) is 0 Å². The van der Waals surface area contributed by atoms with Gasteiger partial charge in [0.2, 0.25) is 5.91 Å². The lowest BCUT2D eigenvalue weighted by molar-refractivity contribution is -0.140. The highest BCUT2D eigenvalue weighted by atomic mass is 32.1. The molecular weight excluding hydrogens is 308 g/mol. The Morgan fingerprint density at radius 3 is 2.52 bits per heavy atom. The number of carbonyl (C=O) groups excluding carboxylic acids is 2. The highest BCUT2D eigenvalue weighted by molar-refractivity contribution is 7.80. The summed E-state index contributed by atoms with van der Waals surface area (Å²) >= 11 is 5.20. The van der Waals surface area contributed by atoms with Gasteiger partial charge < -0.3 is 10.6 Å². The van der Waals surface area contributed by atoms with E-state index < -0.39 is 0 Å². The summed E-state index contributed by atoms with van der Waals surface area (Å²) in [7, 11) is 0. The summed E-state index contributed by atoms with van der Waals surface area (Å²) < 4.78 is 0. The fourth-order valence-corrected chi connectivity index (χ4v) is 3.54. The molecule has 1 aromatic carbocycles. The summed E-state index contributed by atoms with van der Waals surface area (Å²) in [4.78, 5) is 23.7. The molecule has 2 N–H and O–H groups in total. The molecule has 124 valence electrons. The summed E-state index contributed by atoms with van der Waals surface area (Å²) in [6.45, 7) is 7.73. The lowest BCUT2D eigenvalue weighted by Crippen LogP contribution is -2.50. The van der Waals surface area contributed by atoms with Crippen LogP contribution in [0.2, 0.25) is 0 Å². The van der Waals surface area contributed by atoms with Gasteiger partial charge in [0, 0.05) is 18.0 Å². The third-order valence-corrected chi connectivity index (χ3v) is 5.24. The second-order valence-electron chi connectivity index (χ2n) is 6.94. The lowest BCUT2D eigenvalue weighted by atomic mass is 9.52. The van der Waals surface area contributed by atoms with Crippen molar-refractivity contribution in [3.63, 3.8) is 0 Å². The van der Waals surface area contributed by atoms with E-state index in [1.54, 1.807) is 6.92 Å². The summed E-state index contributed by atoms with van der Waals surface area (Å²) in [5.74, 6) is 0.398. The predicted molar refractivity (Wildman–Crippen MR) is 96.2 cm³/mol. The van der Waals surface area contributed by atoms with Crippen molar-refractivity contribution in [2.45, 2.75) is 40.5 Å². The lowest BCUT2D eigenvalue weighted by Gasteiger charge is -2.51. The predicted octanol–water partition coefficient (Wildman–Crippen LogP) is 3.45. The van der Waals surface area contributed by atoms with Gasteiger partial charge in [-0.15, -0.1) is 0 Å². The largest absolute Gasteiger partial charge is 0.332 e. The van der Waals surface area contributed by atoms with E-state index in [0.717, 1.165) is 17.7 Å². The molecule has 1 fully saturated rings. The van der Waals surface area contributed by atoms with Crippen LogP contribution in [0.4, 0.5) is 5.69 Å². The van der Waals surface area contributed by atoms with Crippen LogP contribution in [0.25, 0.3) is 0 Å². The van der Waals surface area contributed by atoms with E-state index in [4.69, 9.17) is 12.2 Å². The average molecular weight is 332 g/mol. The van der Waals surface area contributed by atoms with Crippen molar-refractivity contribution in [2.75, 3.05) is 5.32 Å². The third-order valence-electron chi connectivity index (χ3n) is 5.04. The van der Waals surface area contributed by atoms with Crippen LogP contribution in [0.3, 0.4) is 0 Å². The number of hydrogen-bond donors (Lipinski definition) is 2. The molecule has 1 aliphatic rings. The molecule has 1 saturated carbocycles. The molecule has 0 radical (unpaired) electrons. The van der Waals surface area contributed by atoms with E-state index >= 15 is 0 Å². The number of para-hydroxylation sites is 1. The Morgan fingerprint density at radius 2 is 1.96 bits per heavy atom. The Bertz CT molecular complexity index is 640. The van der Waals surface area contributed by atoms with Crippen LogP contribution in [0, 0.1) is 24.2 Å².